The van der Waals surface area contributed by atoms with E-state index in [9.17, 15) is 13.2 Å². The lowest BCUT2D eigenvalue weighted by molar-refractivity contribution is -0.128. The van der Waals surface area contributed by atoms with Crippen molar-refractivity contribution in [2.45, 2.75) is 57.5 Å². The molecule has 0 atom stereocenters. The van der Waals surface area contributed by atoms with Gasteiger partial charge < -0.3 is 9.88 Å². The van der Waals surface area contributed by atoms with Crippen LogP contribution in [0.4, 0.5) is 0 Å². The molecule has 2 aromatic rings. The summed E-state index contributed by atoms with van der Waals surface area (Å²) < 4.78 is 28.2. The molecule has 1 fully saturated rings. The highest BCUT2D eigenvalue weighted by molar-refractivity contribution is 7.89. The maximum atomic E-state index is 13.5. The van der Waals surface area contributed by atoms with Crippen LogP contribution in [-0.4, -0.2) is 52.2 Å². The number of hydrogen-bond acceptors (Lipinski definition) is 5. The van der Waals surface area contributed by atoms with Gasteiger partial charge in [-0.25, -0.2) is 12.7 Å². The van der Waals surface area contributed by atoms with Gasteiger partial charge in [-0.15, -0.1) is 10.2 Å². The number of carbonyl (C=O) groups is 1. The first kappa shape index (κ1) is 21.0. The largest absolute Gasteiger partial charge is 0.348 e. The van der Waals surface area contributed by atoms with E-state index in [1.807, 2.05) is 30.3 Å². The molecule has 0 bridgehead atoms. The molecule has 1 N–H and O–H groups in total. The molecule has 0 spiro atoms. The number of fused-ring (bicyclic) bond motifs is 1. The van der Waals surface area contributed by atoms with Crippen molar-refractivity contribution in [3.05, 3.63) is 47.5 Å². The van der Waals surface area contributed by atoms with E-state index in [1.165, 1.54) is 4.31 Å². The van der Waals surface area contributed by atoms with Gasteiger partial charge in [0.25, 0.3) is 0 Å². The van der Waals surface area contributed by atoms with Crippen molar-refractivity contribution in [2.24, 2.45) is 0 Å². The van der Waals surface area contributed by atoms with E-state index < -0.39 is 15.4 Å². The molecule has 0 radical (unpaired) electrons. The van der Waals surface area contributed by atoms with Crippen LogP contribution in [0, 0.1) is 0 Å². The summed E-state index contributed by atoms with van der Waals surface area (Å²) in [6.07, 6.45) is 4.07. The molecule has 162 valence electrons. The van der Waals surface area contributed by atoms with E-state index in [-0.39, 0.29) is 11.7 Å². The molecular formula is C21H29N5O3S. The standard InChI is InChI=1S/C21H29N5O3S/c1-2-30(28,29)25-14-11-21(12-15-25,17-8-4-3-5-9-17)20(27)22-16-19-24-23-18-10-6-7-13-26(18)19/h3-5,8-9H,2,6-7,10-16H2,1H3,(H,22,27). The Morgan fingerprint density at radius 3 is 2.53 bits per heavy atom. The Balaban J connectivity index is 1.53. The number of benzene rings is 1. The van der Waals surface area contributed by atoms with Gasteiger partial charge in [-0.1, -0.05) is 30.3 Å². The molecule has 1 aromatic carbocycles. The summed E-state index contributed by atoms with van der Waals surface area (Å²) in [5.41, 5.74) is 0.186. The predicted molar refractivity (Wildman–Crippen MR) is 113 cm³/mol. The highest BCUT2D eigenvalue weighted by Crippen LogP contribution is 2.36. The van der Waals surface area contributed by atoms with Crippen LogP contribution in [-0.2, 0) is 39.7 Å². The molecule has 2 aliphatic heterocycles. The number of sulfonamides is 1. The third-order valence-corrected chi connectivity index (χ3v) is 8.32. The van der Waals surface area contributed by atoms with Gasteiger partial charge in [0.15, 0.2) is 5.82 Å². The van der Waals surface area contributed by atoms with Gasteiger partial charge in [-0.3, -0.25) is 4.79 Å². The first-order chi connectivity index (χ1) is 14.5. The predicted octanol–water partition coefficient (Wildman–Crippen LogP) is 1.61. The Morgan fingerprint density at radius 2 is 1.83 bits per heavy atom. The number of nitrogens with zero attached hydrogens (tertiary/aromatic N) is 4. The van der Waals surface area contributed by atoms with Gasteiger partial charge in [0, 0.05) is 26.1 Å². The molecule has 1 aromatic heterocycles. The van der Waals surface area contributed by atoms with Crippen LogP contribution in [0.2, 0.25) is 0 Å². The Bertz CT molecular complexity index is 995. The van der Waals surface area contributed by atoms with Crippen LogP contribution in [0.3, 0.4) is 0 Å². The van der Waals surface area contributed by atoms with Crippen LogP contribution in [0.25, 0.3) is 0 Å². The lowest BCUT2D eigenvalue weighted by Crippen LogP contribution is -2.53. The van der Waals surface area contributed by atoms with Crippen molar-refractivity contribution in [3.63, 3.8) is 0 Å². The van der Waals surface area contributed by atoms with Crippen molar-refractivity contribution >= 4 is 15.9 Å². The molecule has 2 aliphatic rings. The first-order valence-electron chi connectivity index (χ1n) is 10.7. The second-order valence-corrected chi connectivity index (χ2v) is 10.3. The van der Waals surface area contributed by atoms with Gasteiger partial charge in [0.1, 0.15) is 5.82 Å². The summed E-state index contributed by atoms with van der Waals surface area (Å²) in [5, 5.41) is 11.6. The van der Waals surface area contributed by atoms with Crippen molar-refractivity contribution in [3.8, 4) is 0 Å². The number of nitrogens with one attached hydrogen (secondary N) is 1. The van der Waals surface area contributed by atoms with Crippen LogP contribution in [0.1, 0.15) is 49.8 Å². The highest BCUT2D eigenvalue weighted by atomic mass is 32.2. The van der Waals surface area contributed by atoms with Crippen molar-refractivity contribution in [2.75, 3.05) is 18.8 Å². The quantitative estimate of drug-likeness (QED) is 0.750. The van der Waals surface area contributed by atoms with Gasteiger partial charge in [0.2, 0.25) is 15.9 Å². The Labute approximate surface area is 177 Å². The molecule has 0 saturated carbocycles. The van der Waals surface area contributed by atoms with E-state index in [4.69, 9.17) is 0 Å². The summed E-state index contributed by atoms with van der Waals surface area (Å²) >= 11 is 0. The Kier molecular flexibility index (Phi) is 5.92. The SMILES string of the molecule is CCS(=O)(=O)N1CCC(C(=O)NCc2nnc3n2CCCC3)(c2ccccc2)CC1. The molecule has 30 heavy (non-hydrogen) atoms. The van der Waals surface area contributed by atoms with Crippen molar-refractivity contribution < 1.29 is 13.2 Å². The number of aryl methyl sites for hydroxylation is 1. The lowest BCUT2D eigenvalue weighted by Gasteiger charge is -2.40. The average molecular weight is 432 g/mol. The maximum absolute atomic E-state index is 13.5. The number of hydrogen-bond donors (Lipinski definition) is 1. The summed E-state index contributed by atoms with van der Waals surface area (Å²) in [6.45, 7) is 3.57. The smallest absolute Gasteiger partial charge is 0.231 e. The van der Waals surface area contributed by atoms with Crippen molar-refractivity contribution in [1.82, 2.24) is 24.4 Å². The number of amides is 1. The van der Waals surface area contributed by atoms with Crippen LogP contribution < -0.4 is 5.32 Å². The fourth-order valence-corrected chi connectivity index (χ4v) is 5.66. The van der Waals surface area contributed by atoms with Crippen molar-refractivity contribution in [1.29, 1.82) is 0 Å². The Hall–Kier alpha value is -2.26. The molecule has 0 aliphatic carbocycles. The van der Waals surface area contributed by atoms with Gasteiger partial charge >= 0.3 is 0 Å². The van der Waals surface area contributed by atoms with Crippen LogP contribution in [0.5, 0.6) is 0 Å². The zero-order valence-corrected chi connectivity index (χ0v) is 18.2. The number of aromatic nitrogens is 3. The lowest BCUT2D eigenvalue weighted by atomic mass is 9.72. The van der Waals surface area contributed by atoms with E-state index >= 15 is 0 Å². The molecule has 1 amide bonds. The monoisotopic (exact) mass is 431 g/mol. The summed E-state index contributed by atoms with van der Waals surface area (Å²) in [6, 6.07) is 9.70. The van der Waals surface area contributed by atoms with Gasteiger partial charge in [-0.05, 0) is 38.2 Å². The van der Waals surface area contributed by atoms with E-state index in [0.29, 0.717) is 32.5 Å². The summed E-state index contributed by atoms with van der Waals surface area (Å²) in [4.78, 5) is 13.5. The fraction of sp³-hybridized carbons (Fsp3) is 0.571. The molecule has 3 heterocycles. The van der Waals surface area contributed by atoms with Gasteiger partial charge in [-0.2, -0.15) is 0 Å². The second-order valence-electron chi connectivity index (χ2n) is 8.07. The zero-order chi connectivity index (χ0) is 21.2. The third-order valence-electron chi connectivity index (χ3n) is 6.44. The molecule has 1 saturated heterocycles. The normalized spacial score (nSPS) is 19.2. The second kappa shape index (κ2) is 8.47. The first-order valence-corrected chi connectivity index (χ1v) is 12.3. The van der Waals surface area contributed by atoms with E-state index in [1.54, 1.807) is 6.92 Å². The van der Waals surface area contributed by atoms with E-state index in [0.717, 1.165) is 43.0 Å². The minimum atomic E-state index is -3.26. The molecular weight excluding hydrogens is 402 g/mol. The van der Waals surface area contributed by atoms with Crippen LogP contribution >= 0.6 is 0 Å². The minimum Gasteiger partial charge on any atom is -0.348 e. The fourth-order valence-electron chi connectivity index (χ4n) is 4.56. The third kappa shape index (κ3) is 3.88. The minimum absolute atomic E-state index is 0.0737. The number of carbonyl (C=O) groups excluding carboxylic acids is 1. The molecule has 4 rings (SSSR count). The summed E-state index contributed by atoms with van der Waals surface area (Å²) in [7, 11) is -3.26. The zero-order valence-electron chi connectivity index (χ0n) is 17.4. The van der Waals surface area contributed by atoms with Gasteiger partial charge in [0.05, 0.1) is 17.7 Å². The molecule has 8 nitrogen and oxygen atoms in total. The molecule has 0 unspecified atom stereocenters. The number of piperidine rings is 1. The topological polar surface area (TPSA) is 97.2 Å². The van der Waals surface area contributed by atoms with E-state index in [2.05, 4.69) is 20.1 Å². The number of rotatable bonds is 6. The summed E-state index contributed by atoms with van der Waals surface area (Å²) in [5.74, 6) is 1.78. The molecule has 9 heteroatoms. The highest BCUT2D eigenvalue weighted by Gasteiger charge is 2.44. The average Bonchev–Trinajstić information content (AvgIpc) is 3.21. The van der Waals surface area contributed by atoms with Crippen LogP contribution in [0.15, 0.2) is 30.3 Å². The maximum Gasteiger partial charge on any atom is 0.231 e. The Morgan fingerprint density at radius 1 is 1.10 bits per heavy atom.